The predicted molar refractivity (Wildman–Crippen MR) is 131 cm³/mol. The average Bonchev–Trinajstić information content (AvgIpc) is 2.78. The Morgan fingerprint density at radius 2 is 1.91 bits per heavy atom. The molecule has 0 spiro atoms. The van der Waals surface area contributed by atoms with Crippen LogP contribution in [-0.4, -0.2) is 87.0 Å². The Morgan fingerprint density at radius 1 is 1.12 bits per heavy atom. The third-order valence-corrected chi connectivity index (χ3v) is 6.25. The van der Waals surface area contributed by atoms with Crippen LogP contribution in [-0.2, 0) is 22.6 Å². The minimum absolute atomic E-state index is 0.317. The van der Waals surface area contributed by atoms with Crippen LogP contribution in [0.4, 0.5) is 0 Å². The van der Waals surface area contributed by atoms with Gasteiger partial charge >= 0.3 is 0 Å². The Balaban J connectivity index is 1.56. The van der Waals surface area contributed by atoms with Crippen LogP contribution < -0.4 is 10.6 Å². The lowest BCUT2D eigenvalue weighted by Crippen LogP contribution is -2.52. The maximum Gasteiger partial charge on any atom is 0.191 e. The van der Waals surface area contributed by atoms with Crippen molar-refractivity contribution in [3.05, 3.63) is 35.4 Å². The molecule has 2 fully saturated rings. The van der Waals surface area contributed by atoms with Gasteiger partial charge in [0.2, 0.25) is 0 Å². The van der Waals surface area contributed by atoms with Crippen molar-refractivity contribution in [3.63, 3.8) is 0 Å². The van der Waals surface area contributed by atoms with Gasteiger partial charge in [-0.2, -0.15) is 0 Å². The van der Waals surface area contributed by atoms with Crippen molar-refractivity contribution < 1.29 is 9.47 Å². The molecule has 180 valence electrons. The van der Waals surface area contributed by atoms with Crippen molar-refractivity contribution in [1.29, 1.82) is 0 Å². The summed E-state index contributed by atoms with van der Waals surface area (Å²) in [4.78, 5) is 9.89. The highest BCUT2D eigenvalue weighted by atomic mass is 16.5. The van der Waals surface area contributed by atoms with E-state index in [-0.39, 0.29) is 0 Å². The molecule has 0 aromatic heterocycles. The van der Waals surface area contributed by atoms with Crippen molar-refractivity contribution in [2.75, 3.05) is 59.1 Å². The maximum atomic E-state index is 5.67. The number of guanidine groups is 1. The van der Waals surface area contributed by atoms with Crippen LogP contribution in [0.15, 0.2) is 29.3 Å². The molecule has 2 N–H and O–H groups in total. The van der Waals surface area contributed by atoms with Crippen molar-refractivity contribution >= 4 is 5.96 Å². The number of nitrogens with zero attached hydrogens (tertiary/aromatic N) is 3. The summed E-state index contributed by atoms with van der Waals surface area (Å²) >= 11 is 0. The van der Waals surface area contributed by atoms with E-state index in [9.17, 15) is 0 Å². The van der Waals surface area contributed by atoms with E-state index in [0.29, 0.717) is 24.6 Å². The van der Waals surface area contributed by atoms with E-state index < -0.39 is 0 Å². The van der Waals surface area contributed by atoms with Crippen LogP contribution in [0, 0.1) is 5.92 Å². The lowest BCUT2D eigenvalue weighted by molar-refractivity contribution is -0.0212. The first-order chi connectivity index (χ1) is 15.5. The van der Waals surface area contributed by atoms with Crippen LogP contribution in [0.2, 0.25) is 0 Å². The van der Waals surface area contributed by atoms with Gasteiger partial charge in [-0.15, -0.1) is 0 Å². The zero-order chi connectivity index (χ0) is 22.8. The molecule has 0 bridgehead atoms. The predicted octanol–water partition coefficient (Wildman–Crippen LogP) is 2.32. The van der Waals surface area contributed by atoms with Gasteiger partial charge in [-0.3, -0.25) is 9.80 Å². The maximum absolute atomic E-state index is 5.67. The molecule has 0 saturated carbocycles. The molecule has 2 aliphatic heterocycles. The molecular formula is C25H43N5O2. The highest BCUT2D eigenvalue weighted by Gasteiger charge is 2.24. The topological polar surface area (TPSA) is 61.4 Å². The van der Waals surface area contributed by atoms with Crippen molar-refractivity contribution in [2.45, 2.75) is 52.9 Å². The zero-order valence-corrected chi connectivity index (χ0v) is 20.5. The standard InChI is InChI=1S/C25H43N5O2/c1-5-26-25(28-17-24(20(2)3)30-10-12-31-13-11-30)27-16-22-7-6-8-23(15-22)19-29-9-14-32-21(4)18-29/h6-8,15,20-21,24H,5,9-14,16-19H2,1-4H3,(H2,26,27,28). The molecule has 1 aromatic rings. The van der Waals surface area contributed by atoms with Gasteiger partial charge in [-0.05, 0) is 30.9 Å². The number of morpholine rings is 2. The third-order valence-electron chi connectivity index (χ3n) is 6.25. The number of aliphatic imine (C=N–C) groups is 1. The number of rotatable bonds is 9. The Labute approximate surface area is 194 Å². The monoisotopic (exact) mass is 445 g/mol. The van der Waals surface area contributed by atoms with E-state index in [0.717, 1.165) is 71.6 Å². The van der Waals surface area contributed by atoms with Crippen molar-refractivity contribution in [1.82, 2.24) is 20.4 Å². The lowest BCUT2D eigenvalue weighted by atomic mass is 10.0. The normalized spacial score (nSPS) is 22.2. The van der Waals surface area contributed by atoms with Crippen molar-refractivity contribution in [3.8, 4) is 0 Å². The fraction of sp³-hybridized carbons (Fsp3) is 0.720. The molecule has 2 unspecified atom stereocenters. The van der Waals surface area contributed by atoms with E-state index in [2.05, 4.69) is 72.4 Å². The second-order valence-electron chi connectivity index (χ2n) is 9.27. The first kappa shape index (κ1) is 25.0. The number of nitrogens with one attached hydrogen (secondary N) is 2. The van der Waals surface area contributed by atoms with Crippen LogP contribution in [0.3, 0.4) is 0 Å². The number of ether oxygens (including phenoxy) is 2. The smallest absolute Gasteiger partial charge is 0.191 e. The van der Waals surface area contributed by atoms with E-state index in [1.54, 1.807) is 0 Å². The van der Waals surface area contributed by atoms with Gasteiger partial charge in [0, 0.05) is 51.9 Å². The van der Waals surface area contributed by atoms with Gasteiger partial charge < -0.3 is 20.1 Å². The summed E-state index contributed by atoms with van der Waals surface area (Å²) in [7, 11) is 0. The molecule has 2 saturated heterocycles. The molecule has 2 aliphatic rings. The van der Waals surface area contributed by atoms with Gasteiger partial charge in [-0.25, -0.2) is 4.99 Å². The van der Waals surface area contributed by atoms with Gasteiger partial charge in [0.25, 0.3) is 0 Å². The van der Waals surface area contributed by atoms with Gasteiger partial charge in [0.1, 0.15) is 0 Å². The molecule has 3 rings (SSSR count). The first-order valence-corrected chi connectivity index (χ1v) is 12.3. The molecule has 0 aliphatic carbocycles. The fourth-order valence-corrected chi connectivity index (χ4v) is 4.53. The van der Waals surface area contributed by atoms with Crippen LogP contribution >= 0.6 is 0 Å². The molecule has 7 nitrogen and oxygen atoms in total. The van der Waals surface area contributed by atoms with Gasteiger partial charge in [0.05, 0.1) is 32.5 Å². The number of benzene rings is 1. The highest BCUT2D eigenvalue weighted by molar-refractivity contribution is 5.79. The van der Waals surface area contributed by atoms with E-state index in [1.807, 2.05) is 0 Å². The number of hydrogen-bond donors (Lipinski definition) is 2. The first-order valence-electron chi connectivity index (χ1n) is 12.3. The zero-order valence-electron chi connectivity index (χ0n) is 20.5. The van der Waals surface area contributed by atoms with E-state index in [4.69, 9.17) is 14.5 Å². The quantitative estimate of drug-likeness (QED) is 0.449. The Hall–Kier alpha value is -1.67. The molecule has 0 amide bonds. The summed E-state index contributed by atoms with van der Waals surface area (Å²) in [5.41, 5.74) is 2.59. The highest BCUT2D eigenvalue weighted by Crippen LogP contribution is 2.14. The Kier molecular flexibility index (Phi) is 10.2. The summed E-state index contributed by atoms with van der Waals surface area (Å²) in [6, 6.07) is 9.30. The molecular weight excluding hydrogens is 402 g/mol. The number of hydrogen-bond acceptors (Lipinski definition) is 5. The average molecular weight is 446 g/mol. The second kappa shape index (κ2) is 13.1. The Morgan fingerprint density at radius 3 is 2.62 bits per heavy atom. The largest absolute Gasteiger partial charge is 0.379 e. The van der Waals surface area contributed by atoms with Crippen LogP contribution in [0.5, 0.6) is 0 Å². The second-order valence-corrected chi connectivity index (χ2v) is 9.27. The molecule has 2 heterocycles. The van der Waals surface area contributed by atoms with E-state index >= 15 is 0 Å². The molecule has 2 atom stereocenters. The van der Waals surface area contributed by atoms with Gasteiger partial charge in [0.15, 0.2) is 5.96 Å². The molecule has 0 radical (unpaired) electrons. The van der Waals surface area contributed by atoms with Crippen LogP contribution in [0.1, 0.15) is 38.8 Å². The SMILES string of the molecule is CCNC(=NCc1cccc(CN2CCOC(C)C2)c1)NCC(C(C)C)N1CCOCC1. The minimum Gasteiger partial charge on any atom is -0.379 e. The molecule has 32 heavy (non-hydrogen) atoms. The van der Waals surface area contributed by atoms with Gasteiger partial charge in [-0.1, -0.05) is 38.1 Å². The minimum atomic E-state index is 0.317. The summed E-state index contributed by atoms with van der Waals surface area (Å²) < 4.78 is 11.2. The summed E-state index contributed by atoms with van der Waals surface area (Å²) in [6.07, 6.45) is 0.317. The van der Waals surface area contributed by atoms with Crippen molar-refractivity contribution in [2.24, 2.45) is 10.9 Å². The summed E-state index contributed by atoms with van der Waals surface area (Å²) in [5.74, 6) is 1.46. The Bertz CT molecular complexity index is 705. The third kappa shape index (κ3) is 8.03. The fourth-order valence-electron chi connectivity index (χ4n) is 4.53. The summed E-state index contributed by atoms with van der Waals surface area (Å²) in [5, 5.41) is 7.00. The lowest BCUT2D eigenvalue weighted by Gasteiger charge is -2.37. The molecule has 1 aromatic carbocycles. The molecule has 7 heteroatoms. The van der Waals surface area contributed by atoms with E-state index in [1.165, 1.54) is 11.1 Å². The van der Waals surface area contributed by atoms with Crippen LogP contribution in [0.25, 0.3) is 0 Å². The summed E-state index contributed by atoms with van der Waals surface area (Å²) in [6.45, 7) is 18.7.